The Hall–Kier alpha value is -7.36. The maximum absolute atomic E-state index is 2.70. The van der Waals surface area contributed by atoms with Gasteiger partial charge in [-0.3, -0.25) is 0 Å². The summed E-state index contributed by atoms with van der Waals surface area (Å²) < 4.78 is 5.10. The molecule has 0 amide bonds. The molecule has 3 heteroatoms. The molecule has 8 aromatic carbocycles. The standard InChI is InChI=1S/C58H43N3/c1-37-55-57(59(2)56(49-22-13-14-34-58(37,49)55)41-26-24-39(25-27-41)38-15-5-3-6-16-38)61-52-32-30-43(36-48(52)54-45-20-10-9-17-40(45)28-33-53(54)61)42-29-31-51-47(35-42)46-21-11-12-23-50(46)60(51)44-18-7-4-8-19-44/h3-37,55,57H,1-2H3/t37?,55-,57?,58?/m1/s1. The number of benzene rings is 8. The van der Waals surface area contributed by atoms with E-state index in [0.29, 0.717) is 11.8 Å². The van der Waals surface area contributed by atoms with Gasteiger partial charge in [0.15, 0.2) is 0 Å². The molecular weight excluding hydrogens is 739 g/mol. The van der Waals surface area contributed by atoms with Gasteiger partial charge in [-0.1, -0.05) is 165 Å². The largest absolute Gasteiger partial charge is 0.353 e. The second-order valence-electron chi connectivity index (χ2n) is 17.4. The van der Waals surface area contributed by atoms with Crippen LogP contribution < -0.4 is 0 Å². The summed E-state index contributed by atoms with van der Waals surface area (Å²) in [6.07, 6.45) is 9.54. The van der Waals surface area contributed by atoms with Gasteiger partial charge in [0.05, 0.1) is 22.1 Å². The van der Waals surface area contributed by atoms with E-state index in [1.54, 1.807) is 0 Å². The third-order valence-corrected chi connectivity index (χ3v) is 14.5. The molecule has 61 heavy (non-hydrogen) atoms. The van der Waals surface area contributed by atoms with Gasteiger partial charge < -0.3 is 14.0 Å². The number of hydrogen-bond acceptors (Lipinski definition) is 1. The van der Waals surface area contributed by atoms with Gasteiger partial charge in [0.25, 0.3) is 0 Å². The molecule has 0 bridgehead atoms. The molecule has 3 unspecified atom stereocenters. The highest BCUT2D eigenvalue weighted by atomic mass is 15.3. The zero-order valence-electron chi connectivity index (χ0n) is 34.2. The number of para-hydroxylation sites is 2. The molecule has 4 atom stereocenters. The lowest BCUT2D eigenvalue weighted by Crippen LogP contribution is -2.36. The van der Waals surface area contributed by atoms with Gasteiger partial charge in [0.2, 0.25) is 0 Å². The normalized spacial score (nSPS) is 20.6. The van der Waals surface area contributed by atoms with Crippen molar-refractivity contribution >= 4 is 60.1 Å². The number of hydrogen-bond donors (Lipinski definition) is 0. The number of aromatic nitrogens is 2. The molecule has 0 radical (unpaired) electrons. The van der Waals surface area contributed by atoms with Crippen molar-refractivity contribution in [3.05, 3.63) is 217 Å². The van der Waals surface area contributed by atoms with Crippen LogP contribution >= 0.6 is 0 Å². The lowest BCUT2D eigenvalue weighted by molar-refractivity contribution is 0.207. The second-order valence-corrected chi connectivity index (χ2v) is 17.4. The van der Waals surface area contributed by atoms with Crippen LogP contribution in [-0.4, -0.2) is 21.1 Å². The fourth-order valence-corrected chi connectivity index (χ4v) is 11.7. The van der Waals surface area contributed by atoms with Crippen molar-refractivity contribution in [1.29, 1.82) is 0 Å². The Kier molecular flexibility index (Phi) is 7.25. The van der Waals surface area contributed by atoms with E-state index in [-0.39, 0.29) is 11.6 Å². The molecular formula is C58H43N3. The van der Waals surface area contributed by atoms with Crippen LogP contribution in [0.15, 0.2) is 212 Å². The summed E-state index contributed by atoms with van der Waals surface area (Å²) in [5, 5.41) is 7.73. The molecule has 290 valence electrons. The lowest BCUT2D eigenvalue weighted by Gasteiger charge is -2.42. The van der Waals surface area contributed by atoms with Crippen molar-refractivity contribution in [1.82, 2.24) is 14.0 Å². The summed E-state index contributed by atoms with van der Waals surface area (Å²) in [7, 11) is 2.34. The third-order valence-electron chi connectivity index (χ3n) is 14.5. The maximum Gasteiger partial charge on any atom is 0.110 e. The van der Waals surface area contributed by atoms with Gasteiger partial charge in [-0.25, -0.2) is 0 Å². The van der Waals surface area contributed by atoms with Crippen molar-refractivity contribution in [2.45, 2.75) is 13.1 Å². The highest BCUT2D eigenvalue weighted by molar-refractivity contribution is 6.21. The fourth-order valence-electron chi connectivity index (χ4n) is 11.7. The molecule has 3 heterocycles. The number of fused-ring (bicyclic) bond motifs is 8. The Morgan fingerprint density at radius 3 is 1.89 bits per heavy atom. The topological polar surface area (TPSA) is 13.1 Å². The molecule has 3 aliphatic rings. The highest BCUT2D eigenvalue weighted by Crippen LogP contribution is 2.74. The van der Waals surface area contributed by atoms with Crippen LogP contribution in [0.4, 0.5) is 0 Å². The molecule has 1 spiro atoms. The number of allylic oxidation sites excluding steroid dienone is 5. The van der Waals surface area contributed by atoms with Crippen LogP contribution in [0.3, 0.4) is 0 Å². The van der Waals surface area contributed by atoms with Crippen molar-refractivity contribution in [2.75, 3.05) is 7.05 Å². The van der Waals surface area contributed by atoms with Gasteiger partial charge in [0, 0.05) is 51.3 Å². The van der Waals surface area contributed by atoms with Crippen molar-refractivity contribution in [3.63, 3.8) is 0 Å². The Bertz CT molecular complexity index is 3510. The molecule has 3 nitrogen and oxygen atoms in total. The van der Waals surface area contributed by atoms with Crippen LogP contribution in [0.5, 0.6) is 0 Å². The first kappa shape index (κ1) is 34.5. The van der Waals surface area contributed by atoms with Gasteiger partial charge in [0.1, 0.15) is 6.17 Å². The Labute approximate surface area is 355 Å². The maximum atomic E-state index is 2.70. The second kappa shape index (κ2) is 12.8. The van der Waals surface area contributed by atoms with Crippen molar-refractivity contribution in [2.24, 2.45) is 17.3 Å². The molecule has 2 aliphatic carbocycles. The Morgan fingerprint density at radius 2 is 1.08 bits per heavy atom. The monoisotopic (exact) mass is 781 g/mol. The summed E-state index contributed by atoms with van der Waals surface area (Å²) in [5.74, 6) is 0.893. The Morgan fingerprint density at radius 1 is 0.475 bits per heavy atom. The van der Waals surface area contributed by atoms with Crippen LogP contribution in [0, 0.1) is 17.3 Å². The van der Waals surface area contributed by atoms with Crippen molar-refractivity contribution < 1.29 is 0 Å². The molecule has 13 rings (SSSR count). The van der Waals surface area contributed by atoms with E-state index in [0.717, 1.165) is 0 Å². The van der Waals surface area contributed by atoms with E-state index in [1.165, 1.54) is 99.2 Å². The molecule has 2 aromatic heterocycles. The molecule has 1 aliphatic heterocycles. The van der Waals surface area contributed by atoms with E-state index in [9.17, 15) is 0 Å². The fraction of sp³-hybridized carbons (Fsp3) is 0.103. The van der Waals surface area contributed by atoms with E-state index in [2.05, 4.69) is 234 Å². The summed E-state index contributed by atoms with van der Waals surface area (Å²) >= 11 is 0. The van der Waals surface area contributed by atoms with E-state index >= 15 is 0 Å². The molecule has 10 aromatic rings. The first-order valence-corrected chi connectivity index (χ1v) is 21.6. The third kappa shape index (κ3) is 4.80. The van der Waals surface area contributed by atoms with Crippen LogP contribution in [0.25, 0.3) is 88.0 Å². The minimum absolute atomic E-state index is 0.0204. The average Bonchev–Trinajstić information content (AvgIpc) is 3.57. The minimum Gasteiger partial charge on any atom is -0.353 e. The van der Waals surface area contributed by atoms with E-state index in [1.807, 2.05) is 0 Å². The van der Waals surface area contributed by atoms with E-state index in [4.69, 9.17) is 0 Å². The predicted molar refractivity (Wildman–Crippen MR) is 256 cm³/mol. The highest BCUT2D eigenvalue weighted by Gasteiger charge is 2.69. The molecule has 1 fully saturated rings. The Balaban J connectivity index is 1.01. The SMILES string of the molecule is CC1[C@@H]2C(n3c4ccc(-c5ccc6c(c5)c5ccccc5n6-c5ccccc5)cc4c4c5ccccc5ccc43)N(C)C(c3ccc(-c4ccccc4)cc3)=C3C=CC=CC312. The number of nitrogens with zero attached hydrogens (tertiary/aromatic N) is 3. The lowest BCUT2D eigenvalue weighted by atomic mass is 9.81. The molecule has 0 saturated heterocycles. The molecule has 0 N–H and O–H groups in total. The number of rotatable bonds is 5. The molecule has 1 saturated carbocycles. The first-order valence-electron chi connectivity index (χ1n) is 21.6. The summed E-state index contributed by atoms with van der Waals surface area (Å²) in [6.45, 7) is 2.47. The predicted octanol–water partition coefficient (Wildman–Crippen LogP) is 14.6. The average molecular weight is 782 g/mol. The van der Waals surface area contributed by atoms with Gasteiger partial charge in [-0.15, -0.1) is 0 Å². The zero-order valence-corrected chi connectivity index (χ0v) is 34.2. The summed E-state index contributed by atoms with van der Waals surface area (Å²) in [6, 6.07) is 67.4. The first-order chi connectivity index (χ1) is 30.1. The van der Waals surface area contributed by atoms with Crippen LogP contribution in [-0.2, 0) is 0 Å². The van der Waals surface area contributed by atoms with Crippen molar-refractivity contribution in [3.8, 4) is 27.9 Å². The summed E-state index contributed by atoms with van der Waals surface area (Å²) in [5.41, 5.74) is 15.1. The van der Waals surface area contributed by atoms with Gasteiger partial charge in [-0.05, 0) is 98.6 Å². The van der Waals surface area contributed by atoms with Crippen LogP contribution in [0.1, 0.15) is 18.7 Å². The quantitative estimate of drug-likeness (QED) is 0.169. The smallest absolute Gasteiger partial charge is 0.110 e. The minimum atomic E-state index is -0.0204. The summed E-state index contributed by atoms with van der Waals surface area (Å²) in [4.78, 5) is 2.61. The van der Waals surface area contributed by atoms with E-state index < -0.39 is 0 Å². The van der Waals surface area contributed by atoms with Crippen LogP contribution in [0.2, 0.25) is 0 Å². The van der Waals surface area contributed by atoms with Gasteiger partial charge >= 0.3 is 0 Å². The zero-order chi connectivity index (χ0) is 40.4. The van der Waals surface area contributed by atoms with Gasteiger partial charge in [-0.2, -0.15) is 0 Å².